The van der Waals surface area contributed by atoms with Gasteiger partial charge in [0.2, 0.25) is 0 Å². The van der Waals surface area contributed by atoms with Crippen LogP contribution in [0.1, 0.15) is 276 Å². The highest BCUT2D eigenvalue weighted by Crippen LogP contribution is 2.63. The first-order valence-corrected chi connectivity index (χ1v) is 49.5. The Labute approximate surface area is 731 Å². The van der Waals surface area contributed by atoms with Crippen molar-refractivity contribution in [3.63, 3.8) is 0 Å². The molecule has 0 saturated carbocycles. The third-order valence-corrected chi connectivity index (χ3v) is 31.3. The minimum Gasteiger partial charge on any atom is -0.471 e. The van der Waals surface area contributed by atoms with Crippen molar-refractivity contribution in [2.45, 2.75) is 252 Å². The molecule has 0 fully saturated rings. The summed E-state index contributed by atoms with van der Waals surface area (Å²) < 4.78 is 11.4. The zero-order valence-electron chi connectivity index (χ0n) is 70.6. The van der Waals surface area contributed by atoms with Crippen molar-refractivity contribution in [2.75, 3.05) is 13.2 Å². The van der Waals surface area contributed by atoms with E-state index < -0.39 is 17.4 Å². The van der Waals surface area contributed by atoms with E-state index in [1.54, 1.807) is 34.8 Å². The van der Waals surface area contributed by atoms with E-state index in [1.807, 2.05) is 45.3 Å². The molecule has 12 aromatic rings. The fourth-order valence-electron chi connectivity index (χ4n) is 17.5. The van der Waals surface area contributed by atoms with Crippen LogP contribution in [0.3, 0.4) is 0 Å². The first-order valence-electron chi connectivity index (χ1n) is 44.6. The van der Waals surface area contributed by atoms with Crippen LogP contribution >= 0.6 is 68.0 Å². The molecule has 0 radical (unpaired) electrons. The number of para-hydroxylation sites is 2. The number of thiophene rings is 6. The third kappa shape index (κ3) is 20.0. The quantitative estimate of drug-likeness (QED) is 0.0123. The number of ether oxygens (including phenoxy) is 2. The van der Waals surface area contributed by atoms with E-state index in [1.165, 1.54) is 205 Å². The van der Waals surface area contributed by atoms with Crippen LogP contribution in [0.5, 0.6) is 0 Å². The van der Waals surface area contributed by atoms with E-state index in [9.17, 15) is 14.9 Å². The SMILES string of the molecule is [C-]#[N+]/C(=C/c1cc(CCCCCC)c(-c2ccc(-c3sc(-c4ccc5c(c4)C4(c6ccccc6-c6ccccc64)c4cc(-c6cc(CCCCCC)c(-c7ccc(-c8sc(/C=C(/C#N)C(=O)OCCCCCCCC)cc8CCCCCC)s7)s6)ccc4-c4nc6ccccc6nc4-5)cc3CCCCCC)s2)s1)C(=O)OCCCCCCCC. The van der Waals surface area contributed by atoms with Gasteiger partial charge in [0.1, 0.15) is 11.6 Å². The maximum Gasteiger partial charge on any atom is 0.348 e. The topological polar surface area (TPSA) is 107 Å². The highest BCUT2D eigenvalue weighted by molar-refractivity contribution is 7.28. The predicted molar refractivity (Wildman–Crippen MR) is 509 cm³/mol. The zero-order valence-corrected chi connectivity index (χ0v) is 75.5. The summed E-state index contributed by atoms with van der Waals surface area (Å²) in [6, 6.07) is 62.3. The first kappa shape index (κ1) is 86.4. The number of benzene rings is 5. The minimum absolute atomic E-state index is 0.0347. The molecule has 8 nitrogen and oxygen atoms in total. The lowest BCUT2D eigenvalue weighted by molar-refractivity contribution is -0.139. The molecule has 0 saturated heterocycles. The van der Waals surface area contributed by atoms with Gasteiger partial charge in [-0.3, -0.25) is 4.79 Å². The van der Waals surface area contributed by atoms with Crippen molar-refractivity contribution < 1.29 is 19.1 Å². The van der Waals surface area contributed by atoms with Gasteiger partial charge >= 0.3 is 11.9 Å². The summed E-state index contributed by atoms with van der Waals surface area (Å²) in [5.41, 5.74) is 19.8. The predicted octanol–water partition coefficient (Wildman–Crippen LogP) is 32.5. The van der Waals surface area contributed by atoms with Gasteiger partial charge in [-0.1, -0.05) is 268 Å². The largest absolute Gasteiger partial charge is 0.471 e. The van der Waals surface area contributed by atoms with E-state index in [0.29, 0.717) is 13.2 Å². The van der Waals surface area contributed by atoms with Crippen LogP contribution in [0, 0.1) is 17.9 Å². The van der Waals surface area contributed by atoms with E-state index in [0.717, 1.165) is 159 Å². The molecular weight excluding hydrogens is 1570 g/mol. The number of aryl methyl sites for hydroxylation is 4. The molecule has 14 rings (SSSR count). The molecule has 5 aromatic carbocycles. The van der Waals surface area contributed by atoms with Gasteiger partial charge in [0.05, 0.1) is 47.6 Å². The second kappa shape index (κ2) is 42.5. The minimum atomic E-state index is -0.826. The number of nitrogens with zero attached hydrogens (tertiary/aromatic N) is 4. The van der Waals surface area contributed by atoms with Crippen LogP contribution in [-0.4, -0.2) is 35.1 Å². The maximum atomic E-state index is 13.5. The fraction of sp³-hybridized carbons (Fsp3) is 0.390. The molecule has 119 heavy (non-hydrogen) atoms. The summed E-state index contributed by atoms with van der Waals surface area (Å²) in [5, 5.41) is 10.4. The van der Waals surface area contributed by atoms with Gasteiger partial charge in [-0.25, -0.2) is 19.6 Å². The van der Waals surface area contributed by atoms with E-state index in [4.69, 9.17) is 26.0 Å². The molecular formula is C105H114N4O4S6. The monoisotopic (exact) mass is 1690 g/mol. The lowest BCUT2D eigenvalue weighted by atomic mass is 9.65. The van der Waals surface area contributed by atoms with Crippen molar-refractivity contribution in [1.82, 2.24) is 9.97 Å². The summed E-state index contributed by atoms with van der Waals surface area (Å²) in [4.78, 5) is 56.4. The molecule has 0 bridgehead atoms. The van der Waals surface area contributed by atoms with Crippen molar-refractivity contribution in [2.24, 2.45) is 0 Å². The third-order valence-electron chi connectivity index (χ3n) is 23.7. The summed E-state index contributed by atoms with van der Waals surface area (Å²) in [7, 11) is 0. The molecule has 0 unspecified atom stereocenters. The van der Waals surface area contributed by atoms with Crippen molar-refractivity contribution in [1.29, 1.82) is 5.26 Å². The van der Waals surface area contributed by atoms with Crippen LogP contribution in [0.15, 0.2) is 169 Å². The van der Waals surface area contributed by atoms with Gasteiger partial charge in [-0.2, -0.15) is 5.26 Å². The number of hydrogen-bond acceptors (Lipinski definition) is 13. The fourth-order valence-corrected chi connectivity index (χ4v) is 24.8. The summed E-state index contributed by atoms with van der Waals surface area (Å²) >= 11 is 10.9. The Morgan fingerprint density at radius 3 is 1.15 bits per heavy atom. The number of rotatable bonds is 44. The molecule has 0 atom stereocenters. The van der Waals surface area contributed by atoms with Gasteiger partial charge in [0.15, 0.2) is 0 Å². The van der Waals surface area contributed by atoms with Gasteiger partial charge in [-0.05, 0) is 216 Å². The van der Waals surface area contributed by atoms with Gasteiger partial charge in [0, 0.05) is 69.7 Å². The van der Waals surface area contributed by atoms with Crippen LogP contribution in [0.4, 0.5) is 0 Å². The number of aromatic nitrogens is 2. The normalized spacial score (nSPS) is 12.6. The van der Waals surface area contributed by atoms with Gasteiger partial charge in [0.25, 0.3) is 5.70 Å². The standard InChI is InChI=1S/C105H114N4O4S6/c1-8-14-20-26-28-40-60-112-103(110)77(70-106)64-78-62-73(42-30-22-16-10-3)99(114-78)91-56-58-93(116-91)101-75(44-32-24-18-12-5)67-95(118-101)71-52-54-82-86(65-71)105(84-48-36-34-46-80(84)81-47-35-37-49-85(81)105)87-66-72(53-55-83(87)98-97(82)108-88-50-38-39-51-89(88)109-98)96-68-76(45-33-25-19-13-6)102(119-96)94-59-57-92(117-94)100-74(43-31-23-17-11-4)63-79(115-100)69-90(107-7)104(111)113-61-41-29-27-21-15-9-2/h34-39,46-59,62-69H,8-33,40-45,60-61H2,1-6H3/b77-64-,90-69+. The molecule has 614 valence electrons. The Balaban J connectivity index is 0.876. The number of nitriles is 1. The summed E-state index contributed by atoms with van der Waals surface area (Å²) in [5.74, 6) is -1.08. The summed E-state index contributed by atoms with van der Waals surface area (Å²) in [6.07, 6.45) is 38.9. The lowest BCUT2D eigenvalue weighted by Gasteiger charge is -2.35. The second-order valence-corrected chi connectivity index (χ2v) is 38.8. The lowest BCUT2D eigenvalue weighted by Crippen LogP contribution is -2.29. The Hall–Kier alpha value is -8.96. The summed E-state index contributed by atoms with van der Waals surface area (Å²) in [6.45, 7) is 22.3. The molecule has 0 N–H and O–H groups in total. The molecule has 14 heteroatoms. The number of unbranched alkanes of at least 4 members (excludes halogenated alkanes) is 22. The van der Waals surface area contributed by atoms with Crippen LogP contribution in [0.25, 0.3) is 122 Å². The van der Waals surface area contributed by atoms with Crippen molar-refractivity contribution >= 4 is 103 Å². The van der Waals surface area contributed by atoms with Crippen molar-refractivity contribution in [3.05, 3.63) is 235 Å². The zero-order chi connectivity index (χ0) is 82.5. The van der Waals surface area contributed by atoms with Crippen LogP contribution in [0.2, 0.25) is 0 Å². The molecule has 1 spiro atoms. The highest BCUT2D eigenvalue weighted by atomic mass is 32.1. The van der Waals surface area contributed by atoms with Crippen LogP contribution < -0.4 is 0 Å². The Bertz CT molecular complexity index is 5290. The molecule has 0 aliphatic heterocycles. The Kier molecular flexibility index (Phi) is 30.9. The number of esters is 2. The van der Waals surface area contributed by atoms with E-state index in [2.05, 4.69) is 210 Å². The molecule has 2 aliphatic rings. The number of carbonyl (C=O) groups is 2. The smallest absolute Gasteiger partial charge is 0.348 e. The maximum absolute atomic E-state index is 13.5. The number of hydrogen-bond donors (Lipinski definition) is 0. The Morgan fingerprint density at radius 2 is 0.739 bits per heavy atom. The molecule has 7 heterocycles. The molecule has 0 amide bonds. The highest BCUT2D eigenvalue weighted by Gasteiger charge is 2.51. The van der Waals surface area contributed by atoms with Crippen LogP contribution in [-0.2, 0) is 50.2 Å². The average molecular weight is 1690 g/mol. The van der Waals surface area contributed by atoms with Gasteiger partial charge < -0.3 is 9.47 Å². The first-order chi connectivity index (χ1) is 58.5. The van der Waals surface area contributed by atoms with E-state index >= 15 is 0 Å². The molecule has 7 aromatic heterocycles. The number of fused-ring (bicyclic) bond motifs is 13. The van der Waals surface area contributed by atoms with Gasteiger partial charge in [-0.15, -0.1) is 68.0 Å². The second-order valence-electron chi connectivity index (χ2n) is 32.4. The molecule has 2 aliphatic carbocycles. The number of carbonyl (C=O) groups excluding carboxylic acids is 2. The average Bonchev–Trinajstić information content (AvgIpc) is 1.52. The van der Waals surface area contributed by atoms with Crippen molar-refractivity contribution in [3.8, 4) is 99.6 Å². The Morgan fingerprint density at radius 1 is 0.378 bits per heavy atom. The van der Waals surface area contributed by atoms with E-state index in [-0.39, 0.29) is 11.3 Å².